The summed E-state index contributed by atoms with van der Waals surface area (Å²) < 4.78 is 1.47. The van der Waals surface area contributed by atoms with Crippen LogP contribution in [0.4, 0.5) is 0 Å². The van der Waals surface area contributed by atoms with Gasteiger partial charge in [0, 0.05) is 13.6 Å². The maximum absolute atomic E-state index is 12.1. The number of nitrogens with one attached hydrogen (secondary N) is 1. The summed E-state index contributed by atoms with van der Waals surface area (Å²) in [6.07, 6.45) is 2.95. The van der Waals surface area contributed by atoms with Crippen LogP contribution in [0.1, 0.15) is 36.2 Å². The molecule has 1 saturated carbocycles. The maximum Gasteiger partial charge on any atom is 0.311 e. The fraction of sp³-hybridized carbons (Fsp3) is 0.538. The molecule has 1 aliphatic rings. The van der Waals surface area contributed by atoms with Gasteiger partial charge in [0.25, 0.3) is 5.91 Å². The van der Waals surface area contributed by atoms with E-state index < -0.39 is 11.4 Å². The molecule has 0 bridgehead atoms. The Labute approximate surface area is 126 Å². The van der Waals surface area contributed by atoms with E-state index in [0.29, 0.717) is 23.6 Å². The van der Waals surface area contributed by atoms with Crippen molar-refractivity contribution in [3.63, 3.8) is 0 Å². The van der Waals surface area contributed by atoms with Crippen LogP contribution in [0.25, 0.3) is 0 Å². The minimum Gasteiger partial charge on any atom is -0.481 e. The van der Waals surface area contributed by atoms with Crippen molar-refractivity contribution in [3.05, 3.63) is 21.9 Å². The van der Waals surface area contributed by atoms with Gasteiger partial charge < -0.3 is 15.0 Å². The summed E-state index contributed by atoms with van der Waals surface area (Å²) in [5.74, 6) is -1.22. The Balaban J connectivity index is 2.08. The van der Waals surface area contributed by atoms with Crippen LogP contribution in [0.15, 0.2) is 6.07 Å². The van der Waals surface area contributed by atoms with Crippen LogP contribution >= 0.6 is 23.2 Å². The van der Waals surface area contributed by atoms with E-state index in [1.54, 1.807) is 7.05 Å². The van der Waals surface area contributed by atoms with E-state index >= 15 is 0 Å². The molecule has 110 valence electrons. The molecule has 1 aromatic rings. The average molecular weight is 319 g/mol. The fourth-order valence-electron chi connectivity index (χ4n) is 2.62. The van der Waals surface area contributed by atoms with E-state index in [4.69, 9.17) is 23.2 Å². The number of hydrogen-bond donors (Lipinski definition) is 2. The number of aromatic nitrogens is 1. The average Bonchev–Trinajstić information content (AvgIpc) is 2.98. The summed E-state index contributed by atoms with van der Waals surface area (Å²) in [5.41, 5.74) is -0.521. The lowest BCUT2D eigenvalue weighted by atomic mass is 9.86. The number of aliphatic carboxylic acids is 1. The van der Waals surface area contributed by atoms with Crippen LogP contribution in [0.3, 0.4) is 0 Å². The Kier molecular flexibility index (Phi) is 4.30. The predicted octanol–water partition coefficient (Wildman–Crippen LogP) is 2.71. The molecule has 1 aliphatic carbocycles. The molecule has 20 heavy (non-hydrogen) atoms. The molecule has 2 N–H and O–H groups in total. The lowest BCUT2D eigenvalue weighted by molar-refractivity contribution is -0.148. The first-order valence-corrected chi connectivity index (χ1v) is 7.15. The van der Waals surface area contributed by atoms with Crippen molar-refractivity contribution in [1.82, 2.24) is 9.88 Å². The SMILES string of the molecule is Cn1c(C(=O)NCC2(C(=O)O)CCCC2)cc(Cl)c1Cl. The molecule has 0 saturated heterocycles. The van der Waals surface area contributed by atoms with E-state index in [2.05, 4.69) is 5.32 Å². The van der Waals surface area contributed by atoms with Gasteiger partial charge >= 0.3 is 5.97 Å². The molecular formula is C13H16Cl2N2O3. The van der Waals surface area contributed by atoms with Crippen molar-refractivity contribution < 1.29 is 14.7 Å². The molecule has 0 spiro atoms. The minimum atomic E-state index is -0.849. The number of carbonyl (C=O) groups excluding carboxylic acids is 1. The van der Waals surface area contributed by atoms with Crippen LogP contribution in [0, 0.1) is 5.41 Å². The highest BCUT2D eigenvalue weighted by molar-refractivity contribution is 6.41. The molecule has 7 heteroatoms. The quantitative estimate of drug-likeness (QED) is 0.896. The Hall–Kier alpha value is -1.20. The standard InChI is InChI=1S/C13H16Cl2N2O3/c1-17-9(6-8(14)10(17)15)11(18)16-7-13(12(19)20)4-2-3-5-13/h6H,2-5,7H2,1H3,(H,16,18)(H,19,20). The van der Waals surface area contributed by atoms with Crippen molar-refractivity contribution in [3.8, 4) is 0 Å². The summed E-state index contributed by atoms with van der Waals surface area (Å²) in [4.78, 5) is 23.5. The van der Waals surface area contributed by atoms with Crippen LogP contribution in [-0.2, 0) is 11.8 Å². The van der Waals surface area contributed by atoms with Gasteiger partial charge in [0.1, 0.15) is 10.8 Å². The predicted molar refractivity (Wildman–Crippen MR) is 76.3 cm³/mol. The molecule has 0 atom stereocenters. The van der Waals surface area contributed by atoms with Gasteiger partial charge in [-0.15, -0.1) is 0 Å². The zero-order chi connectivity index (χ0) is 14.9. The lowest BCUT2D eigenvalue weighted by Crippen LogP contribution is -2.41. The first-order valence-electron chi connectivity index (χ1n) is 6.40. The van der Waals surface area contributed by atoms with Gasteiger partial charge in [0.15, 0.2) is 0 Å². The Morgan fingerprint density at radius 1 is 1.40 bits per heavy atom. The van der Waals surface area contributed by atoms with Crippen molar-refractivity contribution in [2.75, 3.05) is 6.54 Å². The summed E-state index contributed by atoms with van der Waals surface area (Å²) in [6, 6.07) is 1.47. The fourth-order valence-corrected chi connectivity index (χ4v) is 2.99. The van der Waals surface area contributed by atoms with Gasteiger partial charge in [0.2, 0.25) is 0 Å². The summed E-state index contributed by atoms with van der Waals surface area (Å²) in [5, 5.41) is 12.6. The van der Waals surface area contributed by atoms with Crippen molar-refractivity contribution >= 4 is 35.1 Å². The highest BCUT2D eigenvalue weighted by Crippen LogP contribution is 2.37. The number of hydrogen-bond acceptors (Lipinski definition) is 2. The molecule has 0 aromatic carbocycles. The van der Waals surface area contributed by atoms with Crippen LogP contribution in [-0.4, -0.2) is 28.1 Å². The third kappa shape index (κ3) is 2.65. The molecular weight excluding hydrogens is 303 g/mol. The smallest absolute Gasteiger partial charge is 0.311 e. The topological polar surface area (TPSA) is 71.3 Å². The zero-order valence-electron chi connectivity index (χ0n) is 11.1. The number of rotatable bonds is 4. The molecule has 1 fully saturated rings. The third-order valence-corrected chi connectivity index (χ3v) is 4.79. The minimum absolute atomic E-state index is 0.127. The maximum atomic E-state index is 12.1. The van der Waals surface area contributed by atoms with E-state index in [-0.39, 0.29) is 17.6 Å². The molecule has 1 amide bonds. The van der Waals surface area contributed by atoms with E-state index in [1.165, 1.54) is 10.6 Å². The van der Waals surface area contributed by atoms with Crippen molar-refractivity contribution in [2.24, 2.45) is 12.5 Å². The van der Waals surface area contributed by atoms with Gasteiger partial charge in [0.05, 0.1) is 10.4 Å². The monoisotopic (exact) mass is 318 g/mol. The van der Waals surface area contributed by atoms with Crippen LogP contribution in [0.2, 0.25) is 10.2 Å². The van der Waals surface area contributed by atoms with Gasteiger partial charge in [-0.3, -0.25) is 9.59 Å². The lowest BCUT2D eigenvalue weighted by Gasteiger charge is -2.23. The third-order valence-electron chi connectivity index (χ3n) is 3.95. The molecule has 5 nitrogen and oxygen atoms in total. The number of carboxylic acids is 1. The number of halogens is 2. The first kappa shape index (κ1) is 15.2. The number of carbonyl (C=O) groups is 2. The van der Waals surface area contributed by atoms with Crippen molar-refractivity contribution in [1.29, 1.82) is 0 Å². The van der Waals surface area contributed by atoms with Gasteiger partial charge in [-0.05, 0) is 18.9 Å². The highest BCUT2D eigenvalue weighted by Gasteiger charge is 2.41. The second kappa shape index (κ2) is 5.66. The van der Waals surface area contributed by atoms with E-state index in [1.807, 2.05) is 0 Å². The second-order valence-electron chi connectivity index (χ2n) is 5.20. The summed E-state index contributed by atoms with van der Waals surface area (Å²) in [7, 11) is 1.63. The summed E-state index contributed by atoms with van der Waals surface area (Å²) in [6.45, 7) is 0.127. The van der Waals surface area contributed by atoms with Gasteiger partial charge in [-0.2, -0.15) is 0 Å². The summed E-state index contributed by atoms with van der Waals surface area (Å²) >= 11 is 11.8. The number of carboxylic acid groups (broad SMARTS) is 1. The van der Waals surface area contributed by atoms with Gasteiger partial charge in [-0.1, -0.05) is 36.0 Å². The Morgan fingerprint density at radius 3 is 2.45 bits per heavy atom. The highest BCUT2D eigenvalue weighted by atomic mass is 35.5. The normalized spacial score (nSPS) is 17.1. The Morgan fingerprint density at radius 2 is 2.00 bits per heavy atom. The first-order chi connectivity index (χ1) is 9.37. The molecule has 1 aromatic heterocycles. The number of nitrogens with zero attached hydrogens (tertiary/aromatic N) is 1. The molecule has 0 unspecified atom stereocenters. The largest absolute Gasteiger partial charge is 0.481 e. The number of amides is 1. The molecule has 1 heterocycles. The van der Waals surface area contributed by atoms with E-state index in [0.717, 1.165) is 12.8 Å². The van der Waals surface area contributed by atoms with E-state index in [9.17, 15) is 14.7 Å². The molecule has 2 rings (SSSR count). The van der Waals surface area contributed by atoms with Gasteiger partial charge in [-0.25, -0.2) is 0 Å². The van der Waals surface area contributed by atoms with Crippen molar-refractivity contribution in [2.45, 2.75) is 25.7 Å². The molecule has 0 aliphatic heterocycles. The van der Waals surface area contributed by atoms with Crippen LogP contribution in [0.5, 0.6) is 0 Å². The second-order valence-corrected chi connectivity index (χ2v) is 5.97. The van der Waals surface area contributed by atoms with Crippen LogP contribution < -0.4 is 5.32 Å². The molecule has 0 radical (unpaired) electrons. The Bertz CT molecular complexity index is 548. The zero-order valence-corrected chi connectivity index (χ0v) is 12.6.